The number of nitrogens with zero attached hydrogens (tertiary/aromatic N) is 2. The fourth-order valence-electron chi connectivity index (χ4n) is 2.71. The smallest absolute Gasteiger partial charge is 0.269 e. The highest BCUT2D eigenvalue weighted by Gasteiger charge is 2.22. The highest BCUT2D eigenvalue weighted by molar-refractivity contribution is 6.10. The molecule has 3 rings (SSSR count). The van der Waals surface area contributed by atoms with Crippen molar-refractivity contribution in [1.29, 1.82) is 0 Å². The molecule has 0 aliphatic rings. The standard InChI is InChI=1S/C17H14N2O4/c1-11-15(18-10-4-3-5-14(18)17(11)23-2)16(20)12-6-8-13(9-7-12)19(21)22/h3-10H,1-2H3. The fraction of sp³-hybridized carbons (Fsp3) is 0.118. The summed E-state index contributed by atoms with van der Waals surface area (Å²) in [5, 5.41) is 10.7. The molecule has 0 saturated heterocycles. The third-order valence-electron chi connectivity index (χ3n) is 3.79. The van der Waals surface area contributed by atoms with Crippen LogP contribution in [0, 0.1) is 17.0 Å². The van der Waals surface area contributed by atoms with Gasteiger partial charge in [0.2, 0.25) is 5.78 Å². The zero-order valence-electron chi connectivity index (χ0n) is 12.6. The molecule has 0 N–H and O–H groups in total. The van der Waals surface area contributed by atoms with Crippen LogP contribution in [0.4, 0.5) is 5.69 Å². The van der Waals surface area contributed by atoms with Crippen LogP contribution < -0.4 is 4.74 Å². The Morgan fingerprint density at radius 2 is 1.87 bits per heavy atom. The van der Waals surface area contributed by atoms with Gasteiger partial charge in [-0.1, -0.05) is 6.07 Å². The molecule has 6 heteroatoms. The Hall–Kier alpha value is -3.15. The van der Waals surface area contributed by atoms with Crippen molar-refractivity contribution in [3.63, 3.8) is 0 Å². The number of aromatic nitrogens is 1. The molecule has 0 radical (unpaired) electrons. The van der Waals surface area contributed by atoms with E-state index >= 15 is 0 Å². The van der Waals surface area contributed by atoms with Gasteiger partial charge in [-0.25, -0.2) is 0 Å². The van der Waals surface area contributed by atoms with Crippen molar-refractivity contribution in [2.24, 2.45) is 0 Å². The normalized spacial score (nSPS) is 10.7. The number of benzene rings is 1. The molecule has 116 valence electrons. The molecule has 0 aliphatic carbocycles. The van der Waals surface area contributed by atoms with Gasteiger partial charge in [-0.05, 0) is 31.2 Å². The van der Waals surface area contributed by atoms with Gasteiger partial charge in [-0.2, -0.15) is 0 Å². The third-order valence-corrected chi connectivity index (χ3v) is 3.79. The Morgan fingerprint density at radius 1 is 1.17 bits per heavy atom. The molecule has 23 heavy (non-hydrogen) atoms. The van der Waals surface area contributed by atoms with Crippen molar-refractivity contribution < 1.29 is 14.5 Å². The van der Waals surface area contributed by atoms with Crippen LogP contribution in [0.25, 0.3) is 5.52 Å². The monoisotopic (exact) mass is 310 g/mol. The molecular weight excluding hydrogens is 296 g/mol. The molecule has 0 unspecified atom stereocenters. The Balaban J connectivity index is 2.14. The van der Waals surface area contributed by atoms with Gasteiger partial charge in [0.15, 0.2) is 0 Å². The minimum absolute atomic E-state index is 0.0455. The summed E-state index contributed by atoms with van der Waals surface area (Å²) in [6, 6.07) is 11.2. The summed E-state index contributed by atoms with van der Waals surface area (Å²) in [6.45, 7) is 1.82. The molecule has 6 nitrogen and oxygen atoms in total. The molecule has 0 bridgehead atoms. The Morgan fingerprint density at radius 3 is 2.48 bits per heavy atom. The predicted octanol–water partition coefficient (Wildman–Crippen LogP) is 3.40. The number of hydrogen-bond acceptors (Lipinski definition) is 4. The second-order valence-electron chi connectivity index (χ2n) is 5.10. The van der Waals surface area contributed by atoms with E-state index in [1.165, 1.54) is 24.3 Å². The zero-order chi connectivity index (χ0) is 16.6. The molecule has 1 aromatic carbocycles. The van der Waals surface area contributed by atoms with E-state index in [1.54, 1.807) is 17.7 Å². The van der Waals surface area contributed by atoms with E-state index in [1.807, 2.05) is 25.1 Å². The Labute approximate surface area is 132 Å². The molecule has 2 heterocycles. The number of non-ortho nitro benzene ring substituents is 1. The maximum atomic E-state index is 12.8. The summed E-state index contributed by atoms with van der Waals surface area (Å²) in [4.78, 5) is 23.1. The first kappa shape index (κ1) is 14.8. The van der Waals surface area contributed by atoms with Crippen LogP contribution in [-0.4, -0.2) is 22.2 Å². The van der Waals surface area contributed by atoms with Gasteiger partial charge in [-0.3, -0.25) is 14.9 Å². The lowest BCUT2D eigenvalue weighted by molar-refractivity contribution is -0.384. The first-order valence-corrected chi connectivity index (χ1v) is 6.97. The topological polar surface area (TPSA) is 73.8 Å². The molecule has 0 atom stereocenters. The van der Waals surface area contributed by atoms with Crippen LogP contribution in [0.3, 0.4) is 0 Å². The zero-order valence-corrected chi connectivity index (χ0v) is 12.6. The number of nitro benzene ring substituents is 1. The van der Waals surface area contributed by atoms with Crippen molar-refractivity contribution in [3.8, 4) is 5.75 Å². The van der Waals surface area contributed by atoms with Crippen molar-refractivity contribution in [2.45, 2.75) is 6.92 Å². The van der Waals surface area contributed by atoms with E-state index < -0.39 is 4.92 Å². The largest absolute Gasteiger partial charge is 0.494 e. The average molecular weight is 310 g/mol. The third kappa shape index (κ3) is 2.34. The van der Waals surface area contributed by atoms with Gasteiger partial charge in [0.1, 0.15) is 11.4 Å². The average Bonchev–Trinajstić information content (AvgIpc) is 2.85. The van der Waals surface area contributed by atoms with Crippen LogP contribution in [0.1, 0.15) is 21.6 Å². The molecule has 0 fully saturated rings. The summed E-state index contributed by atoms with van der Waals surface area (Å²) >= 11 is 0. The van der Waals surface area contributed by atoms with Gasteiger partial charge >= 0.3 is 0 Å². The number of carbonyl (C=O) groups is 1. The lowest BCUT2D eigenvalue weighted by Crippen LogP contribution is -2.07. The maximum absolute atomic E-state index is 12.8. The molecular formula is C17H14N2O4. The molecule has 0 saturated carbocycles. The van der Waals surface area contributed by atoms with Crippen LogP contribution in [0.5, 0.6) is 5.75 Å². The number of ketones is 1. The number of rotatable bonds is 4. The number of methoxy groups -OCH3 is 1. The van der Waals surface area contributed by atoms with Gasteiger partial charge in [0.05, 0.1) is 17.5 Å². The van der Waals surface area contributed by atoms with Crippen LogP contribution >= 0.6 is 0 Å². The van der Waals surface area contributed by atoms with Crippen LogP contribution in [0.2, 0.25) is 0 Å². The first-order valence-electron chi connectivity index (χ1n) is 6.97. The summed E-state index contributed by atoms with van der Waals surface area (Å²) in [7, 11) is 1.56. The van der Waals surface area contributed by atoms with Crippen LogP contribution in [0.15, 0.2) is 48.7 Å². The molecule has 3 aromatic rings. The van der Waals surface area contributed by atoms with Gasteiger partial charge in [0.25, 0.3) is 5.69 Å². The number of fused-ring (bicyclic) bond motifs is 1. The van der Waals surface area contributed by atoms with E-state index in [2.05, 4.69) is 0 Å². The maximum Gasteiger partial charge on any atom is 0.269 e. The van der Waals surface area contributed by atoms with E-state index in [-0.39, 0.29) is 11.5 Å². The van der Waals surface area contributed by atoms with Crippen molar-refractivity contribution in [1.82, 2.24) is 4.40 Å². The number of nitro groups is 1. The summed E-state index contributed by atoms with van der Waals surface area (Å²) < 4.78 is 7.19. The van der Waals surface area contributed by atoms with Gasteiger partial charge in [-0.15, -0.1) is 0 Å². The molecule has 0 amide bonds. The number of ether oxygens (including phenoxy) is 1. The quantitative estimate of drug-likeness (QED) is 0.420. The highest BCUT2D eigenvalue weighted by Crippen LogP contribution is 2.31. The Bertz CT molecular complexity index is 910. The number of pyridine rings is 1. The van der Waals surface area contributed by atoms with E-state index in [0.29, 0.717) is 17.0 Å². The van der Waals surface area contributed by atoms with E-state index in [4.69, 9.17) is 4.74 Å². The summed E-state index contributed by atoms with van der Waals surface area (Å²) in [6.07, 6.45) is 1.80. The van der Waals surface area contributed by atoms with Crippen molar-refractivity contribution >= 4 is 17.0 Å². The Kier molecular flexibility index (Phi) is 3.57. The minimum atomic E-state index is -0.491. The second kappa shape index (κ2) is 5.57. The highest BCUT2D eigenvalue weighted by atomic mass is 16.6. The van der Waals surface area contributed by atoms with Gasteiger partial charge < -0.3 is 9.14 Å². The lowest BCUT2D eigenvalue weighted by atomic mass is 10.1. The second-order valence-corrected chi connectivity index (χ2v) is 5.10. The lowest BCUT2D eigenvalue weighted by Gasteiger charge is -2.03. The first-order chi connectivity index (χ1) is 11.0. The van der Waals surface area contributed by atoms with Gasteiger partial charge in [0, 0.05) is 29.5 Å². The molecule has 0 aliphatic heterocycles. The van der Waals surface area contributed by atoms with E-state index in [9.17, 15) is 14.9 Å². The predicted molar refractivity (Wildman–Crippen MR) is 85.2 cm³/mol. The SMILES string of the molecule is COc1c(C)c(C(=O)c2ccc([N+](=O)[O-])cc2)n2ccccc12. The number of carbonyl (C=O) groups excluding carboxylic acids is 1. The minimum Gasteiger partial charge on any atom is -0.494 e. The van der Waals surface area contributed by atoms with Crippen molar-refractivity contribution in [3.05, 3.63) is 75.6 Å². The van der Waals surface area contributed by atoms with Crippen LogP contribution in [-0.2, 0) is 0 Å². The van der Waals surface area contributed by atoms with Crippen molar-refractivity contribution in [2.75, 3.05) is 7.11 Å². The molecule has 2 aromatic heterocycles. The molecule has 0 spiro atoms. The van der Waals surface area contributed by atoms with E-state index in [0.717, 1.165) is 11.1 Å². The number of hydrogen-bond donors (Lipinski definition) is 0. The summed E-state index contributed by atoms with van der Waals surface area (Å²) in [5.41, 5.74) is 2.38. The summed E-state index contributed by atoms with van der Waals surface area (Å²) in [5.74, 6) is 0.442. The fourth-order valence-corrected chi connectivity index (χ4v) is 2.71.